The number of rotatable bonds is 4. The van der Waals surface area contributed by atoms with Gasteiger partial charge in [-0.05, 0) is 30.2 Å². The molecule has 5 heteroatoms. The lowest BCUT2D eigenvalue weighted by Crippen LogP contribution is -2.30. The van der Waals surface area contributed by atoms with Crippen molar-refractivity contribution < 1.29 is 4.39 Å². The number of halogens is 1. The molecule has 3 N–H and O–H groups in total. The van der Waals surface area contributed by atoms with E-state index in [1.807, 2.05) is 6.92 Å². The number of hydrogen-bond donors (Lipinski definition) is 2. The highest BCUT2D eigenvalue weighted by molar-refractivity contribution is 7.09. The number of nitrogens with two attached hydrogens (primary N) is 1. The molecule has 2 aromatic rings. The Kier molecular flexibility index (Phi) is 4.76. The van der Waals surface area contributed by atoms with E-state index < -0.39 is 0 Å². The van der Waals surface area contributed by atoms with Gasteiger partial charge in [0, 0.05) is 17.2 Å². The van der Waals surface area contributed by atoms with Crippen molar-refractivity contribution in [3.8, 4) is 0 Å². The van der Waals surface area contributed by atoms with Crippen molar-refractivity contribution >= 4 is 11.3 Å². The van der Waals surface area contributed by atoms with Crippen LogP contribution in [0.4, 0.5) is 4.39 Å². The van der Waals surface area contributed by atoms with Crippen LogP contribution in [0.25, 0.3) is 0 Å². The van der Waals surface area contributed by atoms with Gasteiger partial charge in [-0.15, -0.1) is 11.3 Å². The summed E-state index contributed by atoms with van der Waals surface area (Å²) >= 11 is 1.64. The number of hydrazine groups is 1. The fraction of sp³-hybridized carbons (Fsp3) is 0.438. The molecule has 1 aromatic carbocycles. The summed E-state index contributed by atoms with van der Waals surface area (Å²) < 4.78 is 13.2. The molecule has 1 atom stereocenters. The van der Waals surface area contributed by atoms with Crippen LogP contribution < -0.4 is 11.3 Å². The largest absolute Gasteiger partial charge is 0.271 e. The molecule has 0 spiro atoms. The van der Waals surface area contributed by atoms with Crippen LogP contribution in [0.2, 0.25) is 0 Å². The molecule has 21 heavy (non-hydrogen) atoms. The Morgan fingerprint density at radius 3 is 2.62 bits per heavy atom. The standard InChI is InChI=1S/C16H22FN3S/c1-10-7-11(17)5-6-12(10)13(20-18)8-15-19-14(9-21-15)16(2,3)4/h5-7,9,13,20H,8,18H2,1-4H3. The zero-order valence-corrected chi connectivity index (χ0v) is 13.7. The minimum absolute atomic E-state index is 0.0478. The van der Waals surface area contributed by atoms with Gasteiger partial charge in [-0.25, -0.2) is 9.37 Å². The smallest absolute Gasteiger partial charge is 0.123 e. The number of aryl methyl sites for hydroxylation is 1. The molecule has 2 rings (SSSR count). The van der Waals surface area contributed by atoms with E-state index >= 15 is 0 Å². The molecule has 0 aliphatic carbocycles. The summed E-state index contributed by atoms with van der Waals surface area (Å²) in [5, 5.41) is 3.13. The van der Waals surface area contributed by atoms with Crippen molar-refractivity contribution in [2.24, 2.45) is 5.84 Å². The van der Waals surface area contributed by atoms with Crippen molar-refractivity contribution in [2.75, 3.05) is 0 Å². The molecule has 0 bridgehead atoms. The molecule has 0 amide bonds. The Hall–Kier alpha value is -1.30. The Morgan fingerprint density at radius 1 is 1.38 bits per heavy atom. The Bertz CT molecular complexity index is 616. The van der Waals surface area contributed by atoms with E-state index in [-0.39, 0.29) is 17.3 Å². The SMILES string of the molecule is Cc1cc(F)ccc1C(Cc1nc(C(C)(C)C)cs1)NN. The molecular formula is C16H22FN3S. The van der Waals surface area contributed by atoms with Gasteiger partial charge >= 0.3 is 0 Å². The Balaban J connectivity index is 2.21. The van der Waals surface area contributed by atoms with Gasteiger partial charge in [0.1, 0.15) is 5.82 Å². The first kappa shape index (κ1) is 16.1. The monoisotopic (exact) mass is 307 g/mol. The van der Waals surface area contributed by atoms with Crippen LogP contribution in [0.15, 0.2) is 23.6 Å². The summed E-state index contributed by atoms with van der Waals surface area (Å²) in [4.78, 5) is 4.69. The predicted molar refractivity (Wildman–Crippen MR) is 85.7 cm³/mol. The first-order valence-electron chi connectivity index (χ1n) is 6.98. The van der Waals surface area contributed by atoms with Crippen LogP contribution in [0.3, 0.4) is 0 Å². The molecule has 1 unspecified atom stereocenters. The molecule has 0 fully saturated rings. The van der Waals surface area contributed by atoms with Crippen LogP contribution in [0.5, 0.6) is 0 Å². The van der Waals surface area contributed by atoms with E-state index in [0.29, 0.717) is 6.42 Å². The number of aromatic nitrogens is 1. The molecule has 0 aliphatic rings. The molecular weight excluding hydrogens is 285 g/mol. The van der Waals surface area contributed by atoms with Crippen LogP contribution in [-0.2, 0) is 11.8 Å². The zero-order chi connectivity index (χ0) is 15.6. The summed E-state index contributed by atoms with van der Waals surface area (Å²) in [7, 11) is 0. The first-order valence-corrected chi connectivity index (χ1v) is 7.86. The predicted octanol–water partition coefficient (Wildman–Crippen LogP) is 3.64. The van der Waals surface area contributed by atoms with E-state index in [0.717, 1.165) is 21.8 Å². The Morgan fingerprint density at radius 2 is 2.10 bits per heavy atom. The maximum Gasteiger partial charge on any atom is 0.123 e. The Labute approximate surface area is 129 Å². The van der Waals surface area contributed by atoms with Gasteiger partial charge in [0.05, 0.1) is 16.7 Å². The van der Waals surface area contributed by atoms with E-state index in [1.165, 1.54) is 12.1 Å². The van der Waals surface area contributed by atoms with E-state index in [1.54, 1.807) is 17.4 Å². The highest BCUT2D eigenvalue weighted by Crippen LogP contribution is 2.27. The number of nitrogens with zero attached hydrogens (tertiary/aromatic N) is 1. The molecule has 0 aliphatic heterocycles. The summed E-state index contributed by atoms with van der Waals surface area (Å²) in [5.74, 6) is 5.46. The minimum atomic E-state index is -0.226. The third-order valence-corrected chi connectivity index (χ3v) is 4.38. The van der Waals surface area contributed by atoms with Crippen molar-refractivity contribution in [3.05, 3.63) is 51.2 Å². The summed E-state index contributed by atoms with van der Waals surface area (Å²) in [5.41, 5.74) is 5.86. The quantitative estimate of drug-likeness (QED) is 0.670. The zero-order valence-electron chi connectivity index (χ0n) is 12.9. The second-order valence-corrected chi connectivity index (χ2v) is 7.24. The van der Waals surface area contributed by atoms with Crippen LogP contribution in [0, 0.1) is 12.7 Å². The van der Waals surface area contributed by atoms with E-state index in [2.05, 4.69) is 31.6 Å². The third kappa shape index (κ3) is 3.87. The van der Waals surface area contributed by atoms with Crippen molar-refractivity contribution in [2.45, 2.75) is 45.6 Å². The average Bonchev–Trinajstić information content (AvgIpc) is 2.85. The van der Waals surface area contributed by atoms with Crippen LogP contribution >= 0.6 is 11.3 Å². The van der Waals surface area contributed by atoms with E-state index in [4.69, 9.17) is 10.8 Å². The van der Waals surface area contributed by atoms with Crippen LogP contribution in [-0.4, -0.2) is 4.98 Å². The fourth-order valence-corrected chi connectivity index (χ4v) is 3.28. The van der Waals surface area contributed by atoms with Gasteiger partial charge in [-0.2, -0.15) is 0 Å². The lowest BCUT2D eigenvalue weighted by Gasteiger charge is -2.18. The fourth-order valence-electron chi connectivity index (χ4n) is 2.21. The number of thiazole rings is 1. The van der Waals surface area contributed by atoms with E-state index in [9.17, 15) is 4.39 Å². The van der Waals surface area contributed by atoms with Gasteiger partial charge < -0.3 is 0 Å². The van der Waals surface area contributed by atoms with Gasteiger partial charge in [-0.1, -0.05) is 26.8 Å². The van der Waals surface area contributed by atoms with Gasteiger partial charge in [0.2, 0.25) is 0 Å². The molecule has 1 heterocycles. The maximum absolute atomic E-state index is 13.2. The van der Waals surface area contributed by atoms with Crippen molar-refractivity contribution in [3.63, 3.8) is 0 Å². The summed E-state index contributed by atoms with van der Waals surface area (Å²) in [6, 6.07) is 4.72. The van der Waals surface area contributed by atoms with Crippen molar-refractivity contribution in [1.82, 2.24) is 10.4 Å². The number of hydrogen-bond acceptors (Lipinski definition) is 4. The summed E-state index contributed by atoms with van der Waals surface area (Å²) in [6.45, 7) is 8.34. The number of benzene rings is 1. The molecule has 1 aromatic heterocycles. The normalized spacial score (nSPS) is 13.4. The molecule has 0 radical (unpaired) electrons. The third-order valence-electron chi connectivity index (χ3n) is 3.51. The minimum Gasteiger partial charge on any atom is -0.271 e. The van der Waals surface area contributed by atoms with Gasteiger partial charge in [0.15, 0.2) is 0 Å². The van der Waals surface area contributed by atoms with Gasteiger partial charge in [0.25, 0.3) is 0 Å². The second-order valence-electron chi connectivity index (χ2n) is 6.30. The molecule has 3 nitrogen and oxygen atoms in total. The lowest BCUT2D eigenvalue weighted by molar-refractivity contribution is 0.537. The average molecular weight is 307 g/mol. The first-order chi connectivity index (χ1) is 9.81. The van der Waals surface area contributed by atoms with Gasteiger partial charge in [-0.3, -0.25) is 11.3 Å². The highest BCUT2D eigenvalue weighted by Gasteiger charge is 2.20. The molecule has 0 saturated heterocycles. The summed E-state index contributed by atoms with van der Waals surface area (Å²) in [6.07, 6.45) is 0.698. The van der Waals surface area contributed by atoms with Crippen molar-refractivity contribution in [1.29, 1.82) is 0 Å². The second kappa shape index (κ2) is 6.22. The van der Waals surface area contributed by atoms with Crippen LogP contribution in [0.1, 0.15) is 48.6 Å². The maximum atomic E-state index is 13.2. The molecule has 114 valence electrons. The topological polar surface area (TPSA) is 50.9 Å². The number of nitrogens with one attached hydrogen (secondary N) is 1. The lowest BCUT2D eigenvalue weighted by atomic mass is 9.93. The molecule has 0 saturated carbocycles. The highest BCUT2D eigenvalue weighted by atomic mass is 32.1.